The van der Waals surface area contributed by atoms with E-state index < -0.39 is 0 Å². The first-order valence-electron chi connectivity index (χ1n) is 10.4. The van der Waals surface area contributed by atoms with E-state index in [1.807, 2.05) is 31.2 Å². The Bertz CT molecular complexity index is 746. The molecule has 1 fully saturated rings. The van der Waals surface area contributed by atoms with Crippen molar-refractivity contribution in [3.8, 4) is 17.0 Å². The van der Waals surface area contributed by atoms with Crippen molar-refractivity contribution in [2.45, 2.75) is 51.9 Å². The highest BCUT2D eigenvalue weighted by atomic mass is 16.5. The van der Waals surface area contributed by atoms with Crippen molar-refractivity contribution in [1.82, 2.24) is 15.1 Å². The lowest BCUT2D eigenvalue weighted by molar-refractivity contribution is -0.116. The molecule has 2 heterocycles. The molecule has 1 amide bonds. The first-order valence-corrected chi connectivity index (χ1v) is 10.4. The monoisotopic (exact) mass is 384 g/mol. The first-order chi connectivity index (χ1) is 13.7. The summed E-state index contributed by atoms with van der Waals surface area (Å²) in [6.07, 6.45) is 7.89. The maximum Gasteiger partial charge on any atom is 0.225 e. The summed E-state index contributed by atoms with van der Waals surface area (Å²) in [5, 5.41) is 10.3. The zero-order chi connectivity index (χ0) is 19.8. The van der Waals surface area contributed by atoms with Gasteiger partial charge in [0.25, 0.3) is 0 Å². The van der Waals surface area contributed by atoms with Crippen LogP contribution in [0.2, 0.25) is 0 Å². The van der Waals surface area contributed by atoms with Gasteiger partial charge in [0.2, 0.25) is 5.91 Å². The fourth-order valence-electron chi connectivity index (χ4n) is 3.73. The molecule has 0 aliphatic carbocycles. The summed E-state index contributed by atoms with van der Waals surface area (Å²) in [6, 6.07) is 7.75. The number of carbonyl (C=O) groups excluding carboxylic acids is 1. The van der Waals surface area contributed by atoms with Gasteiger partial charge in [-0.1, -0.05) is 12.8 Å². The van der Waals surface area contributed by atoms with Crippen LogP contribution < -0.4 is 10.1 Å². The second-order valence-corrected chi connectivity index (χ2v) is 7.56. The van der Waals surface area contributed by atoms with E-state index in [1.165, 1.54) is 38.8 Å². The van der Waals surface area contributed by atoms with E-state index >= 15 is 0 Å². The number of H-pyrrole nitrogens is 1. The minimum Gasteiger partial charge on any atom is -0.497 e. The van der Waals surface area contributed by atoms with Crippen molar-refractivity contribution in [1.29, 1.82) is 0 Å². The van der Waals surface area contributed by atoms with Crippen LogP contribution in [-0.2, 0) is 4.79 Å². The zero-order valence-corrected chi connectivity index (χ0v) is 17.1. The van der Waals surface area contributed by atoms with Gasteiger partial charge in [-0.2, -0.15) is 5.10 Å². The maximum absolute atomic E-state index is 12.3. The number of aromatic nitrogens is 2. The Labute approximate surface area is 167 Å². The number of carbonyl (C=O) groups is 1. The van der Waals surface area contributed by atoms with Crippen molar-refractivity contribution >= 4 is 11.7 Å². The van der Waals surface area contributed by atoms with Gasteiger partial charge < -0.3 is 15.0 Å². The molecule has 2 aromatic rings. The number of methoxy groups -OCH3 is 1. The number of aromatic amines is 1. The minimum absolute atomic E-state index is 0.0453. The third kappa shape index (κ3) is 5.58. The number of benzene rings is 1. The van der Waals surface area contributed by atoms with Crippen molar-refractivity contribution in [2.24, 2.45) is 0 Å². The number of amides is 1. The van der Waals surface area contributed by atoms with E-state index in [9.17, 15) is 4.79 Å². The Hall–Kier alpha value is -2.34. The number of unbranched alkanes of at least 4 members (excludes halogenated alkanes) is 1. The minimum atomic E-state index is 0.0453. The largest absolute Gasteiger partial charge is 0.497 e. The van der Waals surface area contributed by atoms with Crippen molar-refractivity contribution < 1.29 is 9.53 Å². The Kier molecular flexibility index (Phi) is 7.48. The predicted octanol–water partition coefficient (Wildman–Crippen LogP) is 4.38. The summed E-state index contributed by atoms with van der Waals surface area (Å²) in [5.41, 5.74) is 2.79. The van der Waals surface area contributed by atoms with Gasteiger partial charge in [-0.3, -0.25) is 9.89 Å². The van der Waals surface area contributed by atoms with Crippen molar-refractivity contribution in [3.63, 3.8) is 0 Å². The second kappa shape index (κ2) is 10.3. The normalized spacial score (nSPS) is 15.2. The summed E-state index contributed by atoms with van der Waals surface area (Å²) < 4.78 is 5.20. The number of ether oxygens (including phenoxy) is 1. The van der Waals surface area contributed by atoms with Crippen LogP contribution in [0.5, 0.6) is 5.75 Å². The van der Waals surface area contributed by atoms with Crippen LogP contribution in [0.25, 0.3) is 11.3 Å². The van der Waals surface area contributed by atoms with E-state index in [0.29, 0.717) is 12.2 Å². The number of nitrogens with one attached hydrogen (secondary N) is 2. The Morgan fingerprint density at radius 2 is 1.86 bits per heavy atom. The third-order valence-corrected chi connectivity index (χ3v) is 5.46. The summed E-state index contributed by atoms with van der Waals surface area (Å²) >= 11 is 0. The van der Waals surface area contributed by atoms with Crippen LogP contribution in [0.4, 0.5) is 5.82 Å². The highest BCUT2D eigenvalue weighted by Gasteiger charge is 2.14. The predicted molar refractivity (Wildman–Crippen MR) is 113 cm³/mol. The number of hydrogen-bond donors (Lipinski definition) is 2. The Balaban J connectivity index is 1.45. The van der Waals surface area contributed by atoms with Gasteiger partial charge >= 0.3 is 0 Å². The van der Waals surface area contributed by atoms with E-state index in [0.717, 1.165) is 42.0 Å². The molecule has 0 atom stereocenters. The number of hydrogen-bond acceptors (Lipinski definition) is 4. The smallest absolute Gasteiger partial charge is 0.225 e. The van der Waals surface area contributed by atoms with Crippen LogP contribution in [0.3, 0.4) is 0 Å². The SMILES string of the molecule is COc1ccc(-c2n[nH]c(NC(=O)CCCCN3CCCCCC3)c2C)cc1. The van der Waals surface area contributed by atoms with E-state index in [-0.39, 0.29) is 5.91 Å². The summed E-state index contributed by atoms with van der Waals surface area (Å²) in [7, 11) is 1.65. The van der Waals surface area contributed by atoms with E-state index in [2.05, 4.69) is 20.4 Å². The van der Waals surface area contributed by atoms with E-state index in [1.54, 1.807) is 7.11 Å². The second-order valence-electron chi connectivity index (χ2n) is 7.56. The third-order valence-electron chi connectivity index (χ3n) is 5.46. The van der Waals surface area contributed by atoms with Crippen LogP contribution in [0.15, 0.2) is 24.3 Å². The molecule has 1 aliphatic rings. The molecule has 1 aliphatic heterocycles. The molecule has 3 rings (SSSR count). The average Bonchev–Trinajstić information content (AvgIpc) is 2.91. The molecule has 6 nitrogen and oxygen atoms in total. The van der Waals surface area contributed by atoms with Gasteiger partial charge in [0.1, 0.15) is 11.6 Å². The molecular formula is C22H32N4O2. The summed E-state index contributed by atoms with van der Waals surface area (Å²) in [4.78, 5) is 14.9. The lowest BCUT2D eigenvalue weighted by Gasteiger charge is -2.19. The van der Waals surface area contributed by atoms with Gasteiger partial charge in [0, 0.05) is 17.5 Å². The van der Waals surface area contributed by atoms with Crippen LogP contribution in [0.1, 0.15) is 50.5 Å². The molecule has 1 saturated heterocycles. The molecule has 6 heteroatoms. The summed E-state index contributed by atoms with van der Waals surface area (Å²) in [6.45, 7) is 5.51. The number of anilines is 1. The highest BCUT2D eigenvalue weighted by molar-refractivity contribution is 5.91. The Morgan fingerprint density at radius 3 is 2.54 bits per heavy atom. The van der Waals surface area contributed by atoms with Crippen molar-refractivity contribution in [2.75, 3.05) is 32.1 Å². The lowest BCUT2D eigenvalue weighted by Crippen LogP contribution is -2.25. The molecule has 0 bridgehead atoms. The molecule has 0 radical (unpaired) electrons. The Morgan fingerprint density at radius 1 is 1.14 bits per heavy atom. The van der Waals surface area contributed by atoms with Gasteiger partial charge in [-0.15, -0.1) is 0 Å². The van der Waals surface area contributed by atoms with Gasteiger partial charge in [-0.25, -0.2) is 0 Å². The molecule has 152 valence electrons. The van der Waals surface area contributed by atoms with Crippen LogP contribution in [0, 0.1) is 6.92 Å². The molecule has 28 heavy (non-hydrogen) atoms. The summed E-state index contributed by atoms with van der Waals surface area (Å²) in [5.74, 6) is 1.54. The average molecular weight is 385 g/mol. The number of nitrogens with zero attached hydrogens (tertiary/aromatic N) is 2. The first kappa shape index (κ1) is 20.4. The molecule has 2 N–H and O–H groups in total. The van der Waals surface area contributed by atoms with Crippen LogP contribution in [-0.4, -0.2) is 47.7 Å². The zero-order valence-electron chi connectivity index (χ0n) is 17.1. The fraction of sp³-hybridized carbons (Fsp3) is 0.545. The van der Waals surface area contributed by atoms with Gasteiger partial charge in [-0.05, 0) is 76.5 Å². The highest BCUT2D eigenvalue weighted by Crippen LogP contribution is 2.27. The van der Waals surface area contributed by atoms with Crippen LogP contribution >= 0.6 is 0 Å². The van der Waals surface area contributed by atoms with Crippen molar-refractivity contribution in [3.05, 3.63) is 29.8 Å². The molecule has 0 unspecified atom stereocenters. The lowest BCUT2D eigenvalue weighted by atomic mass is 10.1. The molecule has 0 saturated carbocycles. The molecular weight excluding hydrogens is 352 g/mol. The van der Waals surface area contributed by atoms with E-state index in [4.69, 9.17) is 4.74 Å². The number of likely N-dealkylation sites (tertiary alicyclic amines) is 1. The van der Waals surface area contributed by atoms with Gasteiger partial charge in [0.15, 0.2) is 0 Å². The fourth-order valence-corrected chi connectivity index (χ4v) is 3.73. The standard InChI is InChI=1S/C22H32N4O2/c1-17-21(18-10-12-19(28-2)13-11-18)24-25-22(17)23-20(27)9-5-8-16-26-14-6-3-4-7-15-26/h10-13H,3-9,14-16H2,1-2H3,(H2,23,24,25,27). The van der Waals surface area contributed by atoms with Gasteiger partial charge in [0.05, 0.1) is 12.8 Å². The number of rotatable bonds is 8. The molecule has 0 spiro atoms. The quantitative estimate of drug-likeness (QED) is 0.663. The topological polar surface area (TPSA) is 70.2 Å². The molecule has 1 aromatic heterocycles. The molecule has 1 aromatic carbocycles. The maximum atomic E-state index is 12.3.